The van der Waals surface area contributed by atoms with Gasteiger partial charge in [0.1, 0.15) is 5.75 Å². The molecule has 0 aromatic heterocycles. The molecule has 3 rings (SSSR count). The third-order valence-corrected chi connectivity index (χ3v) is 5.46. The second-order valence-electron chi connectivity index (χ2n) is 6.33. The van der Waals surface area contributed by atoms with E-state index in [-0.39, 0.29) is 11.7 Å². The summed E-state index contributed by atoms with van der Waals surface area (Å²) in [4.78, 5) is 25.9. The summed E-state index contributed by atoms with van der Waals surface area (Å²) in [5, 5.41) is 3.21. The number of allylic oxidation sites excluding steroid dienone is 1. The topological polar surface area (TPSA) is 55.4 Å². The summed E-state index contributed by atoms with van der Waals surface area (Å²) >= 11 is 7.64. The molecule has 0 aliphatic rings. The summed E-state index contributed by atoms with van der Waals surface area (Å²) in [6, 6.07) is 19.5. The maximum Gasteiger partial charge on any atom is 0.257 e. The van der Waals surface area contributed by atoms with Crippen LogP contribution in [0.4, 0.5) is 5.69 Å². The number of anilines is 1. The Balaban J connectivity index is 1.73. The molecule has 0 heterocycles. The van der Waals surface area contributed by atoms with Crippen LogP contribution < -0.4 is 10.1 Å². The molecule has 0 radical (unpaired) electrons. The van der Waals surface area contributed by atoms with Crippen molar-refractivity contribution >= 4 is 46.8 Å². The minimum absolute atomic E-state index is 0.133. The Morgan fingerprint density at radius 2 is 1.83 bits per heavy atom. The quantitative estimate of drug-likeness (QED) is 0.271. The van der Waals surface area contributed by atoms with Crippen LogP contribution in [0.5, 0.6) is 5.75 Å². The van der Waals surface area contributed by atoms with Gasteiger partial charge in [0.05, 0.1) is 17.7 Å². The number of ketones is 1. The third-order valence-electron chi connectivity index (χ3n) is 4.36. The number of thioether (sulfide) groups is 1. The van der Waals surface area contributed by atoms with Crippen molar-refractivity contribution in [1.82, 2.24) is 0 Å². The van der Waals surface area contributed by atoms with E-state index < -0.39 is 0 Å². The minimum atomic E-state index is -0.293. The van der Waals surface area contributed by atoms with Crippen LogP contribution in [0.15, 0.2) is 77.7 Å². The molecule has 1 N–H and O–H groups in total. The highest BCUT2D eigenvalue weighted by Crippen LogP contribution is 2.28. The van der Waals surface area contributed by atoms with Crippen molar-refractivity contribution in [2.45, 2.75) is 4.90 Å². The van der Waals surface area contributed by atoms with Crippen molar-refractivity contribution in [2.24, 2.45) is 0 Å². The Labute approximate surface area is 184 Å². The van der Waals surface area contributed by atoms with Crippen LogP contribution in [0.25, 0.3) is 6.08 Å². The molecule has 0 aliphatic carbocycles. The minimum Gasteiger partial charge on any atom is -0.496 e. The molecule has 0 saturated heterocycles. The smallest absolute Gasteiger partial charge is 0.257 e. The molecule has 0 atom stereocenters. The van der Waals surface area contributed by atoms with E-state index in [9.17, 15) is 9.59 Å². The number of rotatable bonds is 7. The first-order valence-electron chi connectivity index (χ1n) is 9.12. The summed E-state index contributed by atoms with van der Waals surface area (Å²) < 4.78 is 5.34. The van der Waals surface area contributed by atoms with Gasteiger partial charge in [0.25, 0.3) is 5.91 Å². The standard InChI is InChI=1S/C24H20ClNO3S/c1-29-22-15-17(11-13-23(22)30-2)21(27)12-10-16-6-5-7-18(14-16)26-24(28)19-8-3-4-9-20(19)25/h3-15H,1-2H3,(H,26,28)/b12-10+. The van der Waals surface area contributed by atoms with E-state index in [0.29, 0.717) is 27.6 Å². The summed E-state index contributed by atoms with van der Waals surface area (Å²) in [6.45, 7) is 0. The van der Waals surface area contributed by atoms with Crippen molar-refractivity contribution in [3.8, 4) is 5.75 Å². The Hall–Kier alpha value is -3.02. The van der Waals surface area contributed by atoms with Crippen molar-refractivity contribution in [2.75, 3.05) is 18.7 Å². The highest BCUT2D eigenvalue weighted by molar-refractivity contribution is 7.98. The zero-order valence-corrected chi connectivity index (χ0v) is 18.1. The molecule has 6 heteroatoms. The van der Waals surface area contributed by atoms with E-state index in [2.05, 4.69) is 5.32 Å². The molecule has 152 valence electrons. The first kappa shape index (κ1) is 21.7. The summed E-state index contributed by atoms with van der Waals surface area (Å²) in [5.74, 6) is 0.247. The van der Waals surface area contributed by atoms with E-state index in [1.807, 2.05) is 24.5 Å². The van der Waals surface area contributed by atoms with Gasteiger partial charge >= 0.3 is 0 Å². The van der Waals surface area contributed by atoms with E-state index in [1.54, 1.807) is 73.5 Å². The summed E-state index contributed by atoms with van der Waals surface area (Å²) in [7, 11) is 1.58. The Morgan fingerprint density at radius 1 is 1.03 bits per heavy atom. The summed E-state index contributed by atoms with van der Waals surface area (Å²) in [5.41, 5.74) is 2.34. The molecule has 0 unspecified atom stereocenters. The monoisotopic (exact) mass is 437 g/mol. The number of benzene rings is 3. The molecule has 0 spiro atoms. The molecule has 0 aliphatic heterocycles. The van der Waals surface area contributed by atoms with Gasteiger partial charge in [0, 0.05) is 16.1 Å². The van der Waals surface area contributed by atoms with Crippen molar-refractivity contribution < 1.29 is 14.3 Å². The predicted molar refractivity (Wildman–Crippen MR) is 124 cm³/mol. The van der Waals surface area contributed by atoms with Crippen molar-refractivity contribution in [1.29, 1.82) is 0 Å². The molecular formula is C24H20ClNO3S. The van der Waals surface area contributed by atoms with Gasteiger partial charge in [-0.15, -0.1) is 11.8 Å². The van der Waals surface area contributed by atoms with E-state index in [4.69, 9.17) is 16.3 Å². The van der Waals surface area contributed by atoms with Crippen molar-refractivity contribution in [3.05, 3.63) is 94.5 Å². The molecule has 0 fully saturated rings. The number of carbonyl (C=O) groups is 2. The number of ether oxygens (including phenoxy) is 1. The van der Waals surface area contributed by atoms with Crippen molar-refractivity contribution in [3.63, 3.8) is 0 Å². The molecule has 0 bridgehead atoms. The average Bonchev–Trinajstić information content (AvgIpc) is 2.77. The molecule has 4 nitrogen and oxygen atoms in total. The van der Waals surface area contributed by atoms with Crippen LogP contribution in [-0.4, -0.2) is 25.1 Å². The Morgan fingerprint density at radius 3 is 2.57 bits per heavy atom. The van der Waals surface area contributed by atoms with Crippen LogP contribution in [0.3, 0.4) is 0 Å². The van der Waals surface area contributed by atoms with Crippen LogP contribution in [0.2, 0.25) is 5.02 Å². The molecular weight excluding hydrogens is 418 g/mol. The molecule has 3 aromatic carbocycles. The van der Waals surface area contributed by atoms with Crippen LogP contribution in [-0.2, 0) is 0 Å². The zero-order chi connectivity index (χ0) is 21.5. The first-order valence-corrected chi connectivity index (χ1v) is 10.7. The van der Waals surface area contributed by atoms with E-state index in [1.165, 1.54) is 6.08 Å². The van der Waals surface area contributed by atoms with Gasteiger partial charge in [0.2, 0.25) is 0 Å². The number of carbonyl (C=O) groups excluding carboxylic acids is 2. The van der Waals surface area contributed by atoms with Gasteiger partial charge in [-0.05, 0) is 60.4 Å². The van der Waals surface area contributed by atoms with E-state index >= 15 is 0 Å². The number of hydrogen-bond donors (Lipinski definition) is 1. The van der Waals surface area contributed by atoms with Gasteiger partial charge in [-0.25, -0.2) is 0 Å². The lowest BCUT2D eigenvalue weighted by Gasteiger charge is -2.08. The number of amides is 1. The fraction of sp³-hybridized carbons (Fsp3) is 0.0833. The Bertz CT molecular complexity index is 1110. The van der Waals surface area contributed by atoms with Crippen LogP contribution in [0.1, 0.15) is 26.3 Å². The molecule has 3 aromatic rings. The largest absolute Gasteiger partial charge is 0.496 e. The number of nitrogens with one attached hydrogen (secondary N) is 1. The average molecular weight is 438 g/mol. The normalized spacial score (nSPS) is 10.8. The van der Waals surface area contributed by atoms with Gasteiger partial charge in [-0.1, -0.05) is 41.9 Å². The molecule has 1 amide bonds. The fourth-order valence-corrected chi connectivity index (χ4v) is 3.59. The fourth-order valence-electron chi connectivity index (χ4n) is 2.82. The lowest BCUT2D eigenvalue weighted by atomic mass is 10.1. The second-order valence-corrected chi connectivity index (χ2v) is 7.58. The van der Waals surface area contributed by atoms with Crippen LogP contribution in [0, 0.1) is 0 Å². The van der Waals surface area contributed by atoms with Crippen LogP contribution >= 0.6 is 23.4 Å². The second kappa shape index (κ2) is 10.1. The van der Waals surface area contributed by atoms with E-state index in [0.717, 1.165) is 10.5 Å². The van der Waals surface area contributed by atoms with Gasteiger partial charge in [-0.3, -0.25) is 9.59 Å². The zero-order valence-electron chi connectivity index (χ0n) is 16.5. The summed E-state index contributed by atoms with van der Waals surface area (Å²) in [6.07, 6.45) is 5.17. The number of methoxy groups -OCH3 is 1. The third kappa shape index (κ3) is 5.32. The maximum absolute atomic E-state index is 12.5. The number of hydrogen-bond acceptors (Lipinski definition) is 4. The lowest BCUT2D eigenvalue weighted by molar-refractivity contribution is 0.102. The highest BCUT2D eigenvalue weighted by atomic mass is 35.5. The first-order chi connectivity index (χ1) is 14.5. The van der Waals surface area contributed by atoms with Gasteiger partial charge in [-0.2, -0.15) is 0 Å². The predicted octanol–water partition coefficient (Wildman–Crippen LogP) is 6.22. The SMILES string of the molecule is COc1cc(C(=O)/C=C/c2cccc(NC(=O)c3ccccc3Cl)c2)ccc1SC. The lowest BCUT2D eigenvalue weighted by Crippen LogP contribution is -2.12. The number of halogens is 1. The Kier molecular flexibility index (Phi) is 7.33. The van der Waals surface area contributed by atoms with Gasteiger partial charge < -0.3 is 10.1 Å². The van der Waals surface area contributed by atoms with Gasteiger partial charge in [0.15, 0.2) is 5.78 Å². The maximum atomic E-state index is 12.5. The molecule has 30 heavy (non-hydrogen) atoms. The highest BCUT2D eigenvalue weighted by Gasteiger charge is 2.10. The molecule has 0 saturated carbocycles.